The molecule has 1 unspecified atom stereocenters. The number of carbonyl (C=O) groups is 2. The number of hydrogen-bond donors (Lipinski definition) is 1. The van der Waals surface area contributed by atoms with Crippen molar-refractivity contribution in [3.63, 3.8) is 0 Å². The fourth-order valence-electron chi connectivity index (χ4n) is 4.62. The molecule has 0 aliphatic carbocycles. The zero-order valence-electron chi connectivity index (χ0n) is 17.6. The molecule has 0 bridgehead atoms. The molecule has 5 heteroatoms. The summed E-state index contributed by atoms with van der Waals surface area (Å²) in [6, 6.07) is 18.5. The number of likely N-dealkylation sites (tertiary alicyclic amines) is 1. The van der Waals surface area contributed by atoms with Crippen molar-refractivity contribution >= 4 is 17.5 Å². The highest BCUT2D eigenvalue weighted by Gasteiger charge is 2.26. The maximum atomic E-state index is 12.7. The van der Waals surface area contributed by atoms with Crippen molar-refractivity contribution in [3.05, 3.63) is 65.7 Å². The van der Waals surface area contributed by atoms with E-state index in [2.05, 4.69) is 40.5 Å². The SMILES string of the molecule is O=C(NCCC(=O)N1CCCc2ccccc21)C1CCCN(Cc2ccccc2)C1. The van der Waals surface area contributed by atoms with Crippen LogP contribution in [0, 0.1) is 5.92 Å². The maximum Gasteiger partial charge on any atom is 0.228 e. The van der Waals surface area contributed by atoms with Gasteiger partial charge in [0.2, 0.25) is 11.8 Å². The highest BCUT2D eigenvalue weighted by atomic mass is 16.2. The van der Waals surface area contributed by atoms with Crippen molar-refractivity contribution in [3.8, 4) is 0 Å². The van der Waals surface area contributed by atoms with Crippen molar-refractivity contribution in [2.75, 3.05) is 31.1 Å². The molecule has 1 atom stereocenters. The molecule has 5 nitrogen and oxygen atoms in total. The maximum absolute atomic E-state index is 12.7. The van der Waals surface area contributed by atoms with Gasteiger partial charge in [0, 0.05) is 38.3 Å². The standard InChI is InChI=1S/C25H31N3O2/c29-24(28-17-7-11-21-10-4-5-13-23(21)28)14-15-26-25(30)22-12-6-16-27(19-22)18-20-8-2-1-3-9-20/h1-5,8-10,13,22H,6-7,11-12,14-19H2,(H,26,30). The van der Waals surface area contributed by atoms with Gasteiger partial charge in [-0.2, -0.15) is 0 Å². The summed E-state index contributed by atoms with van der Waals surface area (Å²) in [5.74, 6) is 0.185. The van der Waals surface area contributed by atoms with Crippen LogP contribution in [0.25, 0.3) is 0 Å². The number of nitrogens with one attached hydrogen (secondary N) is 1. The van der Waals surface area contributed by atoms with E-state index in [1.165, 1.54) is 11.1 Å². The first kappa shape index (κ1) is 20.6. The molecule has 1 saturated heterocycles. The van der Waals surface area contributed by atoms with E-state index in [1.807, 2.05) is 29.2 Å². The summed E-state index contributed by atoms with van der Waals surface area (Å²) < 4.78 is 0. The van der Waals surface area contributed by atoms with Crippen molar-refractivity contribution in [2.24, 2.45) is 5.92 Å². The molecule has 2 aromatic carbocycles. The number of rotatable bonds is 6. The van der Waals surface area contributed by atoms with Gasteiger partial charge >= 0.3 is 0 Å². The Balaban J connectivity index is 1.24. The number of piperidine rings is 1. The Hall–Kier alpha value is -2.66. The number of fused-ring (bicyclic) bond motifs is 1. The van der Waals surface area contributed by atoms with Crippen LogP contribution in [-0.4, -0.2) is 42.9 Å². The van der Waals surface area contributed by atoms with Crippen LogP contribution in [0.1, 0.15) is 36.8 Å². The minimum atomic E-state index is 0.00766. The van der Waals surface area contributed by atoms with E-state index in [0.29, 0.717) is 13.0 Å². The summed E-state index contributed by atoms with van der Waals surface area (Å²) in [6.07, 6.45) is 4.33. The zero-order chi connectivity index (χ0) is 20.8. The van der Waals surface area contributed by atoms with E-state index in [1.54, 1.807) is 0 Å². The highest BCUT2D eigenvalue weighted by Crippen LogP contribution is 2.27. The van der Waals surface area contributed by atoms with Crippen molar-refractivity contribution in [2.45, 2.75) is 38.6 Å². The Bertz CT molecular complexity index is 868. The van der Waals surface area contributed by atoms with Gasteiger partial charge in [0.05, 0.1) is 5.92 Å². The molecule has 30 heavy (non-hydrogen) atoms. The Morgan fingerprint density at radius 2 is 1.77 bits per heavy atom. The molecule has 0 radical (unpaired) electrons. The normalized spacial score (nSPS) is 19.2. The van der Waals surface area contributed by atoms with Crippen LogP contribution in [0.15, 0.2) is 54.6 Å². The van der Waals surface area contributed by atoms with Gasteiger partial charge in [-0.05, 0) is 49.4 Å². The Kier molecular flexibility index (Phi) is 6.80. The average Bonchev–Trinajstić information content (AvgIpc) is 2.79. The van der Waals surface area contributed by atoms with E-state index >= 15 is 0 Å². The molecule has 0 saturated carbocycles. The average molecular weight is 406 g/mol. The van der Waals surface area contributed by atoms with Gasteiger partial charge in [0.1, 0.15) is 0 Å². The van der Waals surface area contributed by atoms with Crippen molar-refractivity contribution in [1.29, 1.82) is 0 Å². The number of hydrogen-bond acceptors (Lipinski definition) is 3. The first-order valence-electron chi connectivity index (χ1n) is 11.1. The monoisotopic (exact) mass is 405 g/mol. The fourth-order valence-corrected chi connectivity index (χ4v) is 4.62. The largest absolute Gasteiger partial charge is 0.355 e. The van der Waals surface area contributed by atoms with E-state index in [4.69, 9.17) is 0 Å². The van der Waals surface area contributed by atoms with E-state index in [9.17, 15) is 9.59 Å². The smallest absolute Gasteiger partial charge is 0.228 e. The Labute approximate surface area is 179 Å². The number of amides is 2. The van der Waals surface area contributed by atoms with E-state index in [0.717, 1.165) is 57.5 Å². The van der Waals surface area contributed by atoms with Gasteiger partial charge in [-0.3, -0.25) is 14.5 Å². The van der Waals surface area contributed by atoms with Gasteiger partial charge in [0.25, 0.3) is 0 Å². The van der Waals surface area contributed by atoms with Crippen molar-refractivity contribution < 1.29 is 9.59 Å². The second-order valence-corrected chi connectivity index (χ2v) is 8.38. The van der Waals surface area contributed by atoms with Crippen LogP contribution in [0.5, 0.6) is 0 Å². The molecule has 1 N–H and O–H groups in total. The number of carbonyl (C=O) groups excluding carboxylic acids is 2. The number of anilines is 1. The molecule has 2 heterocycles. The molecule has 4 rings (SSSR count). The molecular weight excluding hydrogens is 374 g/mol. The van der Waals surface area contributed by atoms with Crippen LogP contribution in [0.2, 0.25) is 0 Å². The first-order chi connectivity index (χ1) is 14.7. The Morgan fingerprint density at radius 3 is 2.63 bits per heavy atom. The predicted molar refractivity (Wildman–Crippen MR) is 119 cm³/mol. The van der Waals surface area contributed by atoms with Crippen molar-refractivity contribution in [1.82, 2.24) is 10.2 Å². The quantitative estimate of drug-likeness (QED) is 0.802. The van der Waals surface area contributed by atoms with Crippen LogP contribution in [-0.2, 0) is 22.6 Å². The van der Waals surface area contributed by atoms with Gasteiger partial charge < -0.3 is 10.2 Å². The minimum Gasteiger partial charge on any atom is -0.355 e. The van der Waals surface area contributed by atoms with Crippen LogP contribution in [0.3, 0.4) is 0 Å². The first-order valence-corrected chi connectivity index (χ1v) is 11.1. The third kappa shape index (κ3) is 5.08. The summed E-state index contributed by atoms with van der Waals surface area (Å²) in [5, 5.41) is 3.02. The summed E-state index contributed by atoms with van der Waals surface area (Å²) in [4.78, 5) is 29.7. The molecule has 2 amide bonds. The molecule has 1 fully saturated rings. The number of nitrogens with zero attached hydrogens (tertiary/aromatic N) is 2. The third-order valence-corrected chi connectivity index (χ3v) is 6.17. The fraction of sp³-hybridized carbons (Fsp3) is 0.440. The lowest BCUT2D eigenvalue weighted by Gasteiger charge is -2.32. The molecule has 2 aliphatic rings. The predicted octanol–water partition coefficient (Wildman–Crippen LogP) is 3.38. The lowest BCUT2D eigenvalue weighted by molar-refractivity contribution is -0.126. The van der Waals surface area contributed by atoms with E-state index < -0.39 is 0 Å². The number of benzene rings is 2. The van der Waals surface area contributed by atoms with Crippen LogP contribution >= 0.6 is 0 Å². The van der Waals surface area contributed by atoms with Gasteiger partial charge in [-0.25, -0.2) is 0 Å². The summed E-state index contributed by atoms with van der Waals surface area (Å²) in [7, 11) is 0. The topological polar surface area (TPSA) is 52.7 Å². The molecule has 0 spiro atoms. The Morgan fingerprint density at radius 1 is 0.967 bits per heavy atom. The minimum absolute atomic E-state index is 0.00766. The van der Waals surface area contributed by atoms with E-state index in [-0.39, 0.29) is 17.7 Å². The van der Waals surface area contributed by atoms with Crippen LogP contribution < -0.4 is 10.2 Å². The molecule has 2 aliphatic heterocycles. The highest BCUT2D eigenvalue weighted by molar-refractivity contribution is 5.95. The van der Waals surface area contributed by atoms with Gasteiger partial charge in [0.15, 0.2) is 0 Å². The lowest BCUT2D eigenvalue weighted by Crippen LogP contribution is -2.44. The molecule has 158 valence electrons. The number of aryl methyl sites for hydroxylation is 1. The van der Waals surface area contributed by atoms with Gasteiger partial charge in [-0.15, -0.1) is 0 Å². The van der Waals surface area contributed by atoms with Gasteiger partial charge in [-0.1, -0.05) is 48.5 Å². The lowest BCUT2D eigenvalue weighted by atomic mass is 9.96. The third-order valence-electron chi connectivity index (χ3n) is 6.17. The molecular formula is C25H31N3O2. The zero-order valence-corrected chi connectivity index (χ0v) is 17.6. The van der Waals surface area contributed by atoms with Crippen LogP contribution in [0.4, 0.5) is 5.69 Å². The molecule has 2 aromatic rings. The molecule has 0 aromatic heterocycles. The summed E-state index contributed by atoms with van der Waals surface area (Å²) >= 11 is 0. The summed E-state index contributed by atoms with van der Waals surface area (Å²) in [5.41, 5.74) is 3.55. The number of para-hydroxylation sites is 1. The second kappa shape index (κ2) is 9.90. The second-order valence-electron chi connectivity index (χ2n) is 8.38. The summed E-state index contributed by atoms with van der Waals surface area (Å²) in [6.45, 7) is 3.88.